The molecule has 0 atom stereocenters. The Labute approximate surface area is 121 Å². The van der Waals surface area contributed by atoms with Crippen LogP contribution >= 0.6 is 11.6 Å². The molecule has 1 aromatic rings. The van der Waals surface area contributed by atoms with Gasteiger partial charge in [-0.3, -0.25) is 20.8 Å². The molecule has 0 unspecified atom stereocenters. The first-order chi connectivity index (χ1) is 9.46. The second kappa shape index (κ2) is 7.06. The number of nitrogens with zero attached hydrogens (tertiary/aromatic N) is 2. The van der Waals surface area contributed by atoms with Crippen LogP contribution in [0.5, 0.6) is 0 Å². The fourth-order valence-corrected chi connectivity index (χ4v) is 2.13. The number of nitro groups is 1. The molecule has 0 aliphatic rings. The first kappa shape index (κ1) is 16.2. The third-order valence-electron chi connectivity index (χ3n) is 2.82. The Morgan fingerprint density at radius 2 is 2.15 bits per heavy atom. The zero-order valence-corrected chi connectivity index (χ0v) is 12.1. The van der Waals surface area contributed by atoms with Crippen LogP contribution in [0.4, 0.5) is 11.4 Å². The standard InChI is InChI=1S/C12H17ClN4O3/c1-3-5-16(4-2)12(18)8-6-9(13)11(15-14)10(7-8)17(19)20/h6-7,15H,3-5,14H2,1-2H3. The van der Waals surface area contributed by atoms with E-state index in [0.717, 1.165) is 6.42 Å². The van der Waals surface area contributed by atoms with E-state index in [1.54, 1.807) is 4.90 Å². The molecule has 110 valence electrons. The first-order valence-electron chi connectivity index (χ1n) is 6.20. The quantitative estimate of drug-likeness (QED) is 0.477. The molecule has 7 nitrogen and oxygen atoms in total. The van der Waals surface area contributed by atoms with E-state index >= 15 is 0 Å². The van der Waals surface area contributed by atoms with Gasteiger partial charge in [-0.25, -0.2) is 0 Å². The molecule has 0 saturated heterocycles. The second-order valence-electron chi connectivity index (χ2n) is 4.14. The van der Waals surface area contributed by atoms with Crippen molar-refractivity contribution in [1.82, 2.24) is 4.90 Å². The molecule has 0 radical (unpaired) electrons. The predicted molar refractivity (Wildman–Crippen MR) is 77.8 cm³/mol. The van der Waals surface area contributed by atoms with E-state index in [-0.39, 0.29) is 27.9 Å². The number of nitrogens with one attached hydrogen (secondary N) is 1. The van der Waals surface area contributed by atoms with Crippen molar-refractivity contribution >= 4 is 28.9 Å². The van der Waals surface area contributed by atoms with Crippen LogP contribution in [-0.4, -0.2) is 28.8 Å². The van der Waals surface area contributed by atoms with Gasteiger partial charge in [-0.15, -0.1) is 0 Å². The Morgan fingerprint density at radius 1 is 1.50 bits per heavy atom. The number of hydrogen-bond acceptors (Lipinski definition) is 5. The van der Waals surface area contributed by atoms with Gasteiger partial charge in [-0.1, -0.05) is 18.5 Å². The van der Waals surface area contributed by atoms with Crippen molar-refractivity contribution in [3.05, 3.63) is 32.8 Å². The minimum atomic E-state index is -0.631. The molecule has 0 saturated carbocycles. The minimum Gasteiger partial charge on any atom is -0.339 e. The molecular formula is C12H17ClN4O3. The van der Waals surface area contributed by atoms with Gasteiger partial charge >= 0.3 is 0 Å². The highest BCUT2D eigenvalue weighted by molar-refractivity contribution is 6.34. The van der Waals surface area contributed by atoms with E-state index < -0.39 is 4.92 Å². The summed E-state index contributed by atoms with van der Waals surface area (Å²) in [4.78, 5) is 24.3. The maximum absolute atomic E-state index is 12.3. The molecule has 3 N–H and O–H groups in total. The Kier molecular flexibility index (Phi) is 5.72. The van der Waals surface area contributed by atoms with Crippen molar-refractivity contribution in [2.24, 2.45) is 5.84 Å². The number of amides is 1. The summed E-state index contributed by atoms with van der Waals surface area (Å²) in [5, 5.41) is 11.0. The summed E-state index contributed by atoms with van der Waals surface area (Å²) in [6.07, 6.45) is 0.803. The number of nitrogens with two attached hydrogens (primary N) is 1. The maximum Gasteiger partial charge on any atom is 0.295 e. The summed E-state index contributed by atoms with van der Waals surface area (Å²) in [6.45, 7) is 4.90. The summed E-state index contributed by atoms with van der Waals surface area (Å²) < 4.78 is 0. The number of benzene rings is 1. The van der Waals surface area contributed by atoms with Crippen molar-refractivity contribution in [2.45, 2.75) is 20.3 Å². The predicted octanol–water partition coefficient (Wildman–Crippen LogP) is 2.41. The number of carbonyl (C=O) groups excluding carboxylic acids is 1. The van der Waals surface area contributed by atoms with Crippen molar-refractivity contribution in [3.63, 3.8) is 0 Å². The van der Waals surface area contributed by atoms with Gasteiger partial charge in [-0.05, 0) is 19.4 Å². The van der Waals surface area contributed by atoms with Crippen LogP contribution in [0.2, 0.25) is 5.02 Å². The third-order valence-corrected chi connectivity index (χ3v) is 3.12. The molecule has 1 aromatic carbocycles. The second-order valence-corrected chi connectivity index (χ2v) is 4.55. The van der Waals surface area contributed by atoms with Crippen molar-refractivity contribution in [1.29, 1.82) is 0 Å². The number of rotatable bonds is 6. The topological polar surface area (TPSA) is 102 Å². The van der Waals surface area contributed by atoms with Gasteiger partial charge in [0.25, 0.3) is 11.6 Å². The van der Waals surface area contributed by atoms with Crippen molar-refractivity contribution in [2.75, 3.05) is 18.5 Å². The Bertz CT molecular complexity index is 522. The Morgan fingerprint density at radius 3 is 2.60 bits per heavy atom. The van der Waals surface area contributed by atoms with Gasteiger partial charge in [-0.2, -0.15) is 0 Å². The summed E-state index contributed by atoms with van der Waals surface area (Å²) in [5.74, 6) is 4.93. The van der Waals surface area contributed by atoms with Crippen molar-refractivity contribution < 1.29 is 9.72 Å². The normalized spacial score (nSPS) is 10.2. The number of nitro benzene ring substituents is 1. The van der Waals surface area contributed by atoms with Crippen LogP contribution in [0, 0.1) is 10.1 Å². The monoisotopic (exact) mass is 300 g/mol. The largest absolute Gasteiger partial charge is 0.339 e. The maximum atomic E-state index is 12.3. The lowest BCUT2D eigenvalue weighted by Crippen LogP contribution is -2.31. The molecule has 1 amide bonds. The van der Waals surface area contributed by atoms with E-state index in [0.29, 0.717) is 13.1 Å². The first-order valence-corrected chi connectivity index (χ1v) is 6.57. The Hall–Kier alpha value is -1.86. The molecule has 0 spiro atoms. The fourth-order valence-electron chi connectivity index (χ4n) is 1.86. The minimum absolute atomic E-state index is 0.00763. The molecule has 0 fully saturated rings. The average molecular weight is 301 g/mol. The lowest BCUT2D eigenvalue weighted by atomic mass is 10.1. The third kappa shape index (κ3) is 3.37. The summed E-state index contributed by atoms with van der Waals surface area (Å²) in [7, 11) is 0. The highest BCUT2D eigenvalue weighted by atomic mass is 35.5. The number of hydrogen-bond donors (Lipinski definition) is 2. The number of anilines is 1. The van der Waals surface area contributed by atoms with E-state index in [9.17, 15) is 14.9 Å². The SMILES string of the molecule is CCCN(CC)C(=O)c1cc(Cl)c(NN)c([N+](=O)[O-])c1. The average Bonchev–Trinajstić information content (AvgIpc) is 2.42. The Balaban J connectivity index is 3.26. The zero-order chi connectivity index (χ0) is 15.3. The van der Waals surface area contributed by atoms with Gasteiger partial charge < -0.3 is 10.3 Å². The van der Waals surface area contributed by atoms with Gasteiger partial charge in [0.2, 0.25) is 0 Å². The molecule has 0 bridgehead atoms. The number of nitrogen functional groups attached to an aromatic ring is 1. The number of hydrazine groups is 1. The van der Waals surface area contributed by atoms with Crippen LogP contribution < -0.4 is 11.3 Å². The van der Waals surface area contributed by atoms with E-state index in [2.05, 4.69) is 5.43 Å². The summed E-state index contributed by atoms with van der Waals surface area (Å²) >= 11 is 5.93. The highest BCUT2D eigenvalue weighted by Gasteiger charge is 2.22. The van der Waals surface area contributed by atoms with Gasteiger partial charge in [0.05, 0.1) is 9.95 Å². The van der Waals surface area contributed by atoms with E-state index in [4.69, 9.17) is 17.4 Å². The smallest absolute Gasteiger partial charge is 0.295 e. The summed E-state index contributed by atoms with van der Waals surface area (Å²) in [5.41, 5.74) is 2.03. The molecule has 20 heavy (non-hydrogen) atoms. The summed E-state index contributed by atoms with van der Waals surface area (Å²) in [6, 6.07) is 2.56. The van der Waals surface area contributed by atoms with Crippen LogP contribution in [-0.2, 0) is 0 Å². The number of carbonyl (C=O) groups is 1. The molecule has 1 rings (SSSR count). The van der Waals surface area contributed by atoms with Crippen LogP contribution in [0.3, 0.4) is 0 Å². The van der Waals surface area contributed by atoms with E-state index in [1.807, 2.05) is 13.8 Å². The van der Waals surface area contributed by atoms with Gasteiger partial charge in [0, 0.05) is 24.7 Å². The zero-order valence-electron chi connectivity index (χ0n) is 11.4. The van der Waals surface area contributed by atoms with Gasteiger partial charge in [0.1, 0.15) is 5.69 Å². The van der Waals surface area contributed by atoms with Crippen LogP contribution in [0.1, 0.15) is 30.6 Å². The molecule has 8 heteroatoms. The number of halogens is 1. The highest BCUT2D eigenvalue weighted by Crippen LogP contribution is 2.33. The molecular weight excluding hydrogens is 284 g/mol. The molecule has 0 aromatic heterocycles. The van der Waals surface area contributed by atoms with E-state index in [1.165, 1.54) is 12.1 Å². The molecule has 0 aliphatic carbocycles. The lowest BCUT2D eigenvalue weighted by molar-refractivity contribution is -0.384. The molecule has 0 heterocycles. The lowest BCUT2D eigenvalue weighted by Gasteiger charge is -2.20. The van der Waals surface area contributed by atoms with Crippen molar-refractivity contribution in [3.8, 4) is 0 Å². The van der Waals surface area contributed by atoms with Crippen LogP contribution in [0.25, 0.3) is 0 Å². The fraction of sp³-hybridized carbons (Fsp3) is 0.417. The van der Waals surface area contributed by atoms with Gasteiger partial charge in [0.15, 0.2) is 0 Å². The van der Waals surface area contributed by atoms with Crippen LogP contribution in [0.15, 0.2) is 12.1 Å². The molecule has 0 aliphatic heterocycles.